The maximum atomic E-state index is 5.30. The molecule has 8 aromatic carbocycles. The van der Waals surface area contributed by atoms with Crippen LogP contribution in [0, 0.1) is 0 Å². The third-order valence-corrected chi connectivity index (χ3v) is 11.7. The maximum absolute atomic E-state index is 5.30. The number of hydrogen-bond donors (Lipinski definition) is 0. The van der Waals surface area contributed by atoms with Crippen molar-refractivity contribution in [2.24, 2.45) is 0 Å². The molecule has 11 aromatic rings. The van der Waals surface area contributed by atoms with Crippen LogP contribution in [-0.2, 0) is 6.42 Å². The summed E-state index contributed by atoms with van der Waals surface area (Å²) in [5.74, 6) is 0.734. The molecule has 1 aliphatic rings. The van der Waals surface area contributed by atoms with Crippen molar-refractivity contribution in [3.63, 3.8) is 0 Å². The number of hydrogen-bond acceptors (Lipinski definition) is 2. The molecule has 0 bridgehead atoms. The van der Waals surface area contributed by atoms with Crippen LogP contribution in [0.3, 0.4) is 0 Å². The predicted octanol–water partition coefficient (Wildman–Crippen LogP) is 13.2. The zero-order valence-corrected chi connectivity index (χ0v) is 31.0. The monoisotopic (exact) mass is 726 g/mol. The molecule has 12 rings (SSSR count). The minimum atomic E-state index is 0.734. The van der Waals surface area contributed by atoms with Crippen molar-refractivity contribution in [3.8, 4) is 56.4 Å². The van der Waals surface area contributed by atoms with Crippen molar-refractivity contribution in [1.29, 1.82) is 0 Å². The van der Waals surface area contributed by atoms with Gasteiger partial charge < -0.3 is 9.13 Å². The molecule has 4 heteroatoms. The van der Waals surface area contributed by atoms with Gasteiger partial charge in [0.25, 0.3) is 0 Å². The summed E-state index contributed by atoms with van der Waals surface area (Å²) in [6.45, 7) is 0. The molecule has 0 spiro atoms. The number of para-hydroxylation sites is 3. The first-order chi connectivity index (χ1) is 28.3. The number of nitrogens with zero attached hydrogens (tertiary/aromatic N) is 4. The van der Waals surface area contributed by atoms with E-state index in [4.69, 9.17) is 9.97 Å². The summed E-state index contributed by atoms with van der Waals surface area (Å²) in [6, 6.07) is 69.8. The molecule has 0 atom stereocenters. The molecular formula is C53H34N4. The lowest BCUT2D eigenvalue weighted by Gasteiger charge is -2.13. The molecule has 0 radical (unpaired) electrons. The highest BCUT2D eigenvalue weighted by molar-refractivity contribution is 6.12. The van der Waals surface area contributed by atoms with Crippen LogP contribution in [0.15, 0.2) is 194 Å². The van der Waals surface area contributed by atoms with Crippen molar-refractivity contribution >= 4 is 43.6 Å². The zero-order valence-electron chi connectivity index (χ0n) is 31.0. The quantitative estimate of drug-likeness (QED) is 0.177. The van der Waals surface area contributed by atoms with Gasteiger partial charge in [0.15, 0.2) is 5.82 Å². The van der Waals surface area contributed by atoms with Gasteiger partial charge in [0.2, 0.25) is 0 Å². The molecule has 1 aliphatic carbocycles. The van der Waals surface area contributed by atoms with E-state index in [2.05, 4.69) is 203 Å². The Kier molecular flexibility index (Phi) is 6.96. The summed E-state index contributed by atoms with van der Waals surface area (Å²) in [4.78, 5) is 10.6. The lowest BCUT2D eigenvalue weighted by Crippen LogP contribution is -2.00. The minimum absolute atomic E-state index is 0.734. The lowest BCUT2D eigenvalue weighted by atomic mass is 10.0. The Bertz CT molecular complexity index is 3370. The topological polar surface area (TPSA) is 35.6 Å². The van der Waals surface area contributed by atoms with Crippen molar-refractivity contribution in [2.75, 3.05) is 0 Å². The average molecular weight is 727 g/mol. The molecule has 4 nitrogen and oxygen atoms in total. The van der Waals surface area contributed by atoms with E-state index < -0.39 is 0 Å². The number of benzene rings is 8. The Morgan fingerprint density at radius 1 is 0.351 bits per heavy atom. The number of rotatable bonds is 5. The summed E-state index contributed by atoms with van der Waals surface area (Å²) in [5, 5.41) is 4.94. The van der Waals surface area contributed by atoms with Crippen LogP contribution >= 0.6 is 0 Å². The fraction of sp³-hybridized carbons (Fsp3) is 0.0189. The molecule has 3 heterocycles. The Morgan fingerprint density at radius 2 is 0.877 bits per heavy atom. The third kappa shape index (κ3) is 4.94. The van der Waals surface area contributed by atoms with Gasteiger partial charge >= 0.3 is 0 Å². The predicted molar refractivity (Wildman–Crippen MR) is 235 cm³/mol. The summed E-state index contributed by atoms with van der Waals surface area (Å²) in [7, 11) is 0. The van der Waals surface area contributed by atoms with Crippen molar-refractivity contribution in [2.45, 2.75) is 6.42 Å². The van der Waals surface area contributed by atoms with Crippen LogP contribution < -0.4 is 0 Å². The summed E-state index contributed by atoms with van der Waals surface area (Å²) < 4.78 is 4.75. The molecule has 266 valence electrons. The van der Waals surface area contributed by atoms with Crippen molar-refractivity contribution in [1.82, 2.24) is 19.1 Å². The highest BCUT2D eigenvalue weighted by atomic mass is 15.0. The first-order valence-corrected chi connectivity index (χ1v) is 19.5. The van der Waals surface area contributed by atoms with Crippen LogP contribution in [0.25, 0.3) is 100 Å². The van der Waals surface area contributed by atoms with E-state index in [9.17, 15) is 0 Å². The Morgan fingerprint density at radius 3 is 1.58 bits per heavy atom. The largest absolute Gasteiger partial charge is 0.309 e. The molecule has 3 aromatic heterocycles. The van der Waals surface area contributed by atoms with Gasteiger partial charge in [0.05, 0.1) is 33.5 Å². The summed E-state index contributed by atoms with van der Waals surface area (Å²) in [6.07, 6.45) is 0.838. The SMILES string of the molecule is c1ccc(-c2nc(-c3cccc(-n4c5ccccc5c5cc(-c6ccc7c(c6)c6ccccc6n7-c6ccccc6)ccc54)c3)nc3c2Cc2ccccc2-3)cc1. The second-order valence-electron chi connectivity index (χ2n) is 15.0. The minimum Gasteiger partial charge on any atom is -0.309 e. The Hall–Kier alpha value is -7.56. The van der Waals surface area contributed by atoms with E-state index in [1.165, 1.54) is 66.1 Å². The van der Waals surface area contributed by atoms with Gasteiger partial charge in [-0.25, -0.2) is 9.97 Å². The summed E-state index contributed by atoms with van der Waals surface area (Å²) in [5.41, 5.74) is 17.2. The average Bonchev–Trinajstić information content (AvgIpc) is 3.94. The first-order valence-electron chi connectivity index (χ1n) is 19.5. The van der Waals surface area contributed by atoms with Gasteiger partial charge in [-0.15, -0.1) is 0 Å². The van der Waals surface area contributed by atoms with Gasteiger partial charge in [-0.1, -0.05) is 133 Å². The molecule has 0 unspecified atom stereocenters. The first kappa shape index (κ1) is 31.8. The molecule has 0 amide bonds. The number of aromatic nitrogens is 4. The maximum Gasteiger partial charge on any atom is 0.160 e. The van der Waals surface area contributed by atoms with Crippen LogP contribution in [0.1, 0.15) is 11.1 Å². The Balaban J connectivity index is 1.00. The fourth-order valence-electron chi connectivity index (χ4n) is 9.16. The van der Waals surface area contributed by atoms with Gasteiger partial charge in [-0.05, 0) is 77.4 Å². The van der Waals surface area contributed by atoms with Gasteiger partial charge in [0, 0.05) is 61.6 Å². The van der Waals surface area contributed by atoms with Crippen LogP contribution in [0.2, 0.25) is 0 Å². The van der Waals surface area contributed by atoms with Crippen LogP contribution in [-0.4, -0.2) is 19.1 Å². The Labute approximate surface area is 329 Å². The van der Waals surface area contributed by atoms with Gasteiger partial charge in [-0.2, -0.15) is 0 Å². The van der Waals surface area contributed by atoms with E-state index in [0.29, 0.717) is 0 Å². The molecular weight excluding hydrogens is 693 g/mol. The highest BCUT2D eigenvalue weighted by Gasteiger charge is 2.26. The zero-order chi connectivity index (χ0) is 37.5. The van der Waals surface area contributed by atoms with Gasteiger partial charge in [-0.3, -0.25) is 0 Å². The second kappa shape index (κ2) is 12.5. The van der Waals surface area contributed by atoms with E-state index in [0.717, 1.165) is 51.5 Å². The smallest absolute Gasteiger partial charge is 0.160 e. The molecule has 0 saturated heterocycles. The van der Waals surface area contributed by atoms with E-state index in [1.54, 1.807) is 0 Å². The molecule has 57 heavy (non-hydrogen) atoms. The second-order valence-corrected chi connectivity index (χ2v) is 15.0. The molecule has 0 aliphatic heterocycles. The number of fused-ring (bicyclic) bond motifs is 9. The van der Waals surface area contributed by atoms with Crippen LogP contribution in [0.4, 0.5) is 0 Å². The van der Waals surface area contributed by atoms with Crippen molar-refractivity contribution in [3.05, 3.63) is 205 Å². The van der Waals surface area contributed by atoms with Crippen molar-refractivity contribution < 1.29 is 0 Å². The third-order valence-electron chi connectivity index (χ3n) is 11.7. The fourth-order valence-corrected chi connectivity index (χ4v) is 9.16. The normalized spacial score (nSPS) is 12.1. The highest BCUT2D eigenvalue weighted by Crippen LogP contribution is 2.42. The molecule has 0 saturated carbocycles. The van der Waals surface area contributed by atoms with E-state index in [1.807, 2.05) is 0 Å². The standard InChI is InChI=1S/C53H34N4/c1-3-14-34(15-4-1)51-46-33-37-16-7-8-21-41(37)52(46)55-53(54-51)38-17-13-20-40(30-38)57-48-25-12-10-23-43(48)45-32-36(27-29-50(45)57)35-26-28-49-44(31-35)42-22-9-11-24-47(42)56(49)39-18-5-2-6-19-39/h1-32H,33H2. The van der Waals surface area contributed by atoms with E-state index >= 15 is 0 Å². The summed E-state index contributed by atoms with van der Waals surface area (Å²) >= 11 is 0. The van der Waals surface area contributed by atoms with Gasteiger partial charge in [0.1, 0.15) is 0 Å². The molecule has 0 fully saturated rings. The molecule has 0 N–H and O–H groups in total. The van der Waals surface area contributed by atoms with Crippen LogP contribution in [0.5, 0.6) is 0 Å². The lowest BCUT2D eigenvalue weighted by molar-refractivity contribution is 1.13. The van der Waals surface area contributed by atoms with E-state index in [-0.39, 0.29) is 0 Å².